The Hall–Kier alpha value is -2.01. The van der Waals surface area contributed by atoms with Crippen LogP contribution in [-0.2, 0) is 4.79 Å². The molecule has 1 aromatic carbocycles. The van der Waals surface area contributed by atoms with E-state index in [0.29, 0.717) is 0 Å². The number of Topliss-reactive ketones (excluding diaryl/α,β-unsaturated/α-hetero) is 1. The van der Waals surface area contributed by atoms with Gasteiger partial charge in [-0.1, -0.05) is 36.4 Å². The topological polar surface area (TPSA) is 60.2 Å². The molecular formula is C16H15NO3S. The van der Waals surface area contributed by atoms with Crippen molar-refractivity contribution in [2.75, 3.05) is 0 Å². The number of hydrogen-bond donors (Lipinski definition) is 0. The zero-order valence-electron chi connectivity index (χ0n) is 11.3. The Balaban J connectivity index is 2.02. The van der Waals surface area contributed by atoms with Crippen LogP contribution in [0.5, 0.6) is 0 Å². The van der Waals surface area contributed by atoms with Crippen LogP contribution in [0.15, 0.2) is 47.8 Å². The number of nitro groups is 1. The Bertz CT molecular complexity index is 639. The predicted octanol–water partition coefficient (Wildman–Crippen LogP) is 3.62. The highest BCUT2D eigenvalue weighted by molar-refractivity contribution is 7.10. The molecule has 1 saturated carbocycles. The lowest BCUT2D eigenvalue weighted by molar-refractivity contribution is -0.532. The van der Waals surface area contributed by atoms with Crippen molar-refractivity contribution in [1.29, 1.82) is 0 Å². The van der Waals surface area contributed by atoms with Crippen molar-refractivity contribution in [2.45, 2.75) is 30.7 Å². The normalized spacial score (nSPS) is 25.7. The average molecular weight is 301 g/mol. The lowest BCUT2D eigenvalue weighted by Crippen LogP contribution is -2.40. The van der Waals surface area contributed by atoms with Crippen molar-refractivity contribution in [3.8, 4) is 0 Å². The molecule has 2 aromatic rings. The van der Waals surface area contributed by atoms with Crippen LogP contribution >= 0.6 is 11.3 Å². The van der Waals surface area contributed by atoms with E-state index in [1.54, 1.807) is 0 Å². The fraction of sp³-hybridized carbons (Fsp3) is 0.312. The summed E-state index contributed by atoms with van der Waals surface area (Å²) in [6.07, 6.45) is 0.535. The molecule has 1 aromatic heterocycles. The highest BCUT2D eigenvalue weighted by Crippen LogP contribution is 2.42. The van der Waals surface area contributed by atoms with Crippen molar-refractivity contribution in [3.05, 3.63) is 68.4 Å². The molecule has 1 fully saturated rings. The highest BCUT2D eigenvalue weighted by Gasteiger charge is 2.46. The minimum absolute atomic E-state index is 0.111. The molecule has 0 bridgehead atoms. The summed E-state index contributed by atoms with van der Waals surface area (Å²) in [4.78, 5) is 24.5. The van der Waals surface area contributed by atoms with Gasteiger partial charge in [0, 0.05) is 22.6 Å². The quantitative estimate of drug-likeness (QED) is 0.642. The Labute approximate surface area is 126 Å². The molecule has 1 aliphatic carbocycles. The number of ketones is 1. The fourth-order valence-corrected chi connectivity index (χ4v) is 4.05. The molecule has 1 heterocycles. The Morgan fingerprint density at radius 2 is 1.76 bits per heavy atom. The van der Waals surface area contributed by atoms with Crippen molar-refractivity contribution >= 4 is 17.1 Å². The smallest absolute Gasteiger partial charge is 0.228 e. The second kappa shape index (κ2) is 5.77. The fourth-order valence-electron chi connectivity index (χ4n) is 3.18. The maximum absolute atomic E-state index is 12.1. The first-order chi connectivity index (χ1) is 10.2. The number of rotatable bonds is 3. The van der Waals surface area contributed by atoms with E-state index in [-0.39, 0.29) is 35.4 Å². The van der Waals surface area contributed by atoms with Crippen LogP contribution in [0.2, 0.25) is 0 Å². The maximum Gasteiger partial charge on any atom is 0.228 e. The van der Waals surface area contributed by atoms with Gasteiger partial charge in [-0.15, -0.1) is 11.3 Å². The lowest BCUT2D eigenvalue weighted by atomic mass is 9.73. The van der Waals surface area contributed by atoms with Crippen LogP contribution < -0.4 is 0 Å². The molecule has 21 heavy (non-hydrogen) atoms. The maximum atomic E-state index is 12.1. The standard InChI is InChI=1S/C16H15NO3S/c18-12-9-13(11-5-2-1-3-6-11)16(17(19)20)14(10-12)15-7-4-8-21-15/h1-8,13-14,16H,9-10H2/t13-,14+,16-/m1/s1. The molecule has 108 valence electrons. The molecule has 0 spiro atoms. The van der Waals surface area contributed by atoms with Crippen LogP contribution in [0, 0.1) is 10.1 Å². The van der Waals surface area contributed by atoms with Crippen LogP contribution in [0.25, 0.3) is 0 Å². The number of carbonyl (C=O) groups excluding carboxylic acids is 1. The van der Waals surface area contributed by atoms with Gasteiger partial charge in [0.15, 0.2) is 0 Å². The van der Waals surface area contributed by atoms with Gasteiger partial charge in [-0.25, -0.2) is 0 Å². The van der Waals surface area contributed by atoms with Gasteiger partial charge in [-0.05, 0) is 17.0 Å². The molecule has 0 saturated heterocycles. The molecule has 0 radical (unpaired) electrons. The molecule has 3 atom stereocenters. The molecule has 4 nitrogen and oxygen atoms in total. The van der Waals surface area contributed by atoms with E-state index in [1.807, 2.05) is 47.8 Å². The average Bonchev–Trinajstić information content (AvgIpc) is 3.01. The summed E-state index contributed by atoms with van der Waals surface area (Å²) in [5.41, 5.74) is 0.883. The van der Waals surface area contributed by atoms with Crippen molar-refractivity contribution in [2.24, 2.45) is 0 Å². The van der Waals surface area contributed by atoms with Crippen molar-refractivity contribution in [3.63, 3.8) is 0 Å². The van der Waals surface area contributed by atoms with E-state index in [1.165, 1.54) is 11.3 Å². The van der Waals surface area contributed by atoms with Gasteiger partial charge in [0.05, 0.1) is 11.8 Å². The van der Waals surface area contributed by atoms with Crippen LogP contribution in [0.4, 0.5) is 0 Å². The second-order valence-electron chi connectivity index (χ2n) is 5.36. The number of thiophene rings is 1. The van der Waals surface area contributed by atoms with E-state index in [4.69, 9.17) is 0 Å². The van der Waals surface area contributed by atoms with E-state index in [0.717, 1.165) is 10.4 Å². The van der Waals surface area contributed by atoms with E-state index in [2.05, 4.69) is 0 Å². The lowest BCUT2D eigenvalue weighted by Gasteiger charge is -2.31. The first-order valence-corrected chi connectivity index (χ1v) is 7.78. The van der Waals surface area contributed by atoms with E-state index < -0.39 is 6.04 Å². The molecule has 0 aliphatic heterocycles. The van der Waals surface area contributed by atoms with Gasteiger partial charge in [0.2, 0.25) is 6.04 Å². The summed E-state index contributed by atoms with van der Waals surface area (Å²) in [6, 6.07) is 12.4. The summed E-state index contributed by atoms with van der Waals surface area (Å²) < 4.78 is 0. The summed E-state index contributed by atoms with van der Waals surface area (Å²) in [7, 11) is 0. The Morgan fingerprint density at radius 1 is 1.05 bits per heavy atom. The molecule has 0 amide bonds. The van der Waals surface area contributed by atoms with E-state index >= 15 is 0 Å². The van der Waals surface area contributed by atoms with Crippen molar-refractivity contribution < 1.29 is 9.72 Å². The summed E-state index contributed by atoms with van der Waals surface area (Å²) >= 11 is 1.49. The Kier molecular flexibility index (Phi) is 3.84. The van der Waals surface area contributed by atoms with Crippen molar-refractivity contribution in [1.82, 2.24) is 0 Å². The second-order valence-corrected chi connectivity index (χ2v) is 6.34. The van der Waals surface area contributed by atoms with Gasteiger partial charge in [0.1, 0.15) is 5.78 Å². The van der Waals surface area contributed by atoms with E-state index in [9.17, 15) is 14.9 Å². The minimum Gasteiger partial charge on any atom is -0.300 e. The zero-order valence-corrected chi connectivity index (χ0v) is 12.2. The molecular weight excluding hydrogens is 286 g/mol. The van der Waals surface area contributed by atoms with Gasteiger partial charge >= 0.3 is 0 Å². The molecule has 3 rings (SSSR count). The SMILES string of the molecule is O=C1C[C@H](c2ccccc2)[C@@H]([N+](=O)[O-])[C@H](c2cccs2)C1. The summed E-state index contributed by atoms with van der Waals surface area (Å²) in [5.74, 6) is -0.540. The largest absolute Gasteiger partial charge is 0.300 e. The zero-order chi connectivity index (χ0) is 14.8. The monoisotopic (exact) mass is 301 g/mol. The minimum atomic E-state index is -0.733. The Morgan fingerprint density at radius 3 is 2.38 bits per heavy atom. The summed E-state index contributed by atoms with van der Waals surface area (Å²) in [6.45, 7) is 0. The summed E-state index contributed by atoms with van der Waals surface area (Å²) in [5, 5.41) is 13.6. The number of nitrogens with zero attached hydrogens (tertiary/aromatic N) is 1. The number of benzene rings is 1. The molecule has 0 N–H and O–H groups in total. The third kappa shape index (κ3) is 2.74. The first kappa shape index (κ1) is 13.9. The number of hydrogen-bond acceptors (Lipinski definition) is 4. The third-order valence-electron chi connectivity index (χ3n) is 4.10. The van der Waals surface area contributed by atoms with Crippen LogP contribution in [0.3, 0.4) is 0 Å². The van der Waals surface area contributed by atoms with Gasteiger partial charge < -0.3 is 0 Å². The highest BCUT2D eigenvalue weighted by atomic mass is 32.1. The third-order valence-corrected chi connectivity index (χ3v) is 5.10. The van der Waals surface area contributed by atoms with Gasteiger partial charge in [-0.3, -0.25) is 14.9 Å². The number of carbonyl (C=O) groups is 1. The molecule has 1 aliphatic rings. The van der Waals surface area contributed by atoms with Crippen LogP contribution in [0.1, 0.15) is 35.1 Å². The molecule has 5 heteroatoms. The van der Waals surface area contributed by atoms with Crippen LogP contribution in [-0.4, -0.2) is 16.7 Å². The predicted molar refractivity (Wildman–Crippen MR) is 81.3 cm³/mol. The first-order valence-electron chi connectivity index (χ1n) is 6.90. The van der Waals surface area contributed by atoms with Gasteiger partial charge in [-0.2, -0.15) is 0 Å². The van der Waals surface area contributed by atoms with Gasteiger partial charge in [0.25, 0.3) is 0 Å². The molecule has 0 unspecified atom stereocenters.